The lowest BCUT2D eigenvalue weighted by Crippen LogP contribution is -2.01. The molecular formula is C12H14O2S. The highest BCUT2D eigenvalue weighted by Crippen LogP contribution is 2.19. The van der Waals surface area contributed by atoms with Gasteiger partial charge in [0.1, 0.15) is 0 Å². The Morgan fingerprint density at radius 3 is 2.27 bits per heavy atom. The first-order valence-corrected chi connectivity index (χ1v) is 6.10. The summed E-state index contributed by atoms with van der Waals surface area (Å²) < 4.78 is 23.8. The van der Waals surface area contributed by atoms with Gasteiger partial charge in [-0.1, -0.05) is 30.4 Å². The fourth-order valence-electron chi connectivity index (χ4n) is 1.14. The Hall–Kier alpha value is -1.35. The zero-order valence-corrected chi connectivity index (χ0v) is 9.71. The van der Waals surface area contributed by atoms with Crippen molar-refractivity contribution in [3.63, 3.8) is 0 Å². The van der Waals surface area contributed by atoms with Gasteiger partial charge in [0, 0.05) is 0 Å². The van der Waals surface area contributed by atoms with Crippen LogP contribution in [0.4, 0.5) is 0 Å². The fourth-order valence-corrected chi connectivity index (χ4v) is 2.26. The second-order valence-corrected chi connectivity index (χ2v) is 5.29. The zero-order valence-electron chi connectivity index (χ0n) is 8.90. The molecule has 0 N–H and O–H groups in total. The van der Waals surface area contributed by atoms with E-state index < -0.39 is 9.84 Å². The fraction of sp³-hybridized carbons (Fsp3) is 0.167. The Bertz CT molecular complexity index is 479. The second-order valence-electron chi connectivity index (χ2n) is 3.28. The molecule has 2 nitrogen and oxygen atoms in total. The van der Waals surface area contributed by atoms with Crippen molar-refractivity contribution in [2.75, 3.05) is 0 Å². The van der Waals surface area contributed by atoms with E-state index in [0.29, 0.717) is 0 Å². The van der Waals surface area contributed by atoms with E-state index in [1.165, 1.54) is 6.08 Å². The Kier molecular flexibility index (Phi) is 3.48. The summed E-state index contributed by atoms with van der Waals surface area (Å²) in [6.07, 6.45) is 3.16. The van der Waals surface area contributed by atoms with E-state index in [2.05, 4.69) is 6.58 Å². The van der Waals surface area contributed by atoms with Crippen molar-refractivity contribution >= 4 is 9.84 Å². The van der Waals surface area contributed by atoms with Crippen molar-refractivity contribution in [3.8, 4) is 0 Å². The molecule has 0 heterocycles. The Morgan fingerprint density at radius 2 is 1.80 bits per heavy atom. The van der Waals surface area contributed by atoms with E-state index in [0.717, 1.165) is 5.56 Å². The van der Waals surface area contributed by atoms with Gasteiger partial charge in [0.25, 0.3) is 0 Å². The summed E-state index contributed by atoms with van der Waals surface area (Å²) in [5, 5.41) is 0. The molecule has 15 heavy (non-hydrogen) atoms. The normalized spacial score (nSPS) is 11.9. The third-order valence-electron chi connectivity index (χ3n) is 2.03. The van der Waals surface area contributed by atoms with Crippen molar-refractivity contribution in [2.24, 2.45) is 0 Å². The maximum atomic E-state index is 11.9. The van der Waals surface area contributed by atoms with Crippen LogP contribution in [0.1, 0.15) is 12.5 Å². The van der Waals surface area contributed by atoms with Crippen molar-refractivity contribution in [1.82, 2.24) is 0 Å². The quantitative estimate of drug-likeness (QED) is 0.737. The molecule has 0 atom stereocenters. The molecule has 1 aromatic rings. The van der Waals surface area contributed by atoms with Crippen LogP contribution in [0.5, 0.6) is 0 Å². The number of hydrogen-bond donors (Lipinski definition) is 0. The molecule has 0 radical (unpaired) electrons. The molecule has 1 aromatic carbocycles. The zero-order chi connectivity index (χ0) is 11.5. The molecular weight excluding hydrogens is 208 g/mol. The summed E-state index contributed by atoms with van der Waals surface area (Å²) >= 11 is 0. The predicted molar refractivity (Wildman–Crippen MR) is 62.3 cm³/mol. The minimum atomic E-state index is -3.40. The third kappa shape index (κ3) is 2.57. The molecule has 1 rings (SSSR count). The number of sulfone groups is 1. The summed E-state index contributed by atoms with van der Waals surface area (Å²) in [6, 6.07) is 6.74. The van der Waals surface area contributed by atoms with Crippen LogP contribution in [0.25, 0.3) is 0 Å². The highest BCUT2D eigenvalue weighted by molar-refractivity contribution is 7.95. The SMILES string of the molecule is C=C(/C=C/C)S(=O)(=O)c1ccc(C)cc1. The van der Waals surface area contributed by atoms with Crippen molar-refractivity contribution in [1.29, 1.82) is 0 Å². The molecule has 0 unspecified atom stereocenters. The standard InChI is InChI=1S/C12H14O2S/c1-4-5-11(3)15(13,14)12-8-6-10(2)7-9-12/h4-9H,3H2,1-2H3/b5-4+. The van der Waals surface area contributed by atoms with Crippen LogP contribution >= 0.6 is 0 Å². The molecule has 80 valence electrons. The molecule has 0 bridgehead atoms. The van der Waals surface area contributed by atoms with Gasteiger partial charge in [0.05, 0.1) is 9.80 Å². The first-order valence-electron chi connectivity index (χ1n) is 4.62. The molecule has 3 heteroatoms. The van der Waals surface area contributed by atoms with Gasteiger partial charge in [0.2, 0.25) is 9.84 Å². The molecule has 0 spiro atoms. The van der Waals surface area contributed by atoms with E-state index in [1.54, 1.807) is 37.3 Å². The highest BCUT2D eigenvalue weighted by Gasteiger charge is 2.15. The first kappa shape index (κ1) is 11.7. The Labute approximate surface area is 90.9 Å². The molecule has 0 aliphatic rings. The van der Waals surface area contributed by atoms with Gasteiger partial charge in [-0.25, -0.2) is 8.42 Å². The van der Waals surface area contributed by atoms with Gasteiger partial charge in [0.15, 0.2) is 0 Å². The van der Waals surface area contributed by atoms with E-state index in [-0.39, 0.29) is 9.80 Å². The summed E-state index contributed by atoms with van der Waals surface area (Å²) in [6.45, 7) is 7.21. The van der Waals surface area contributed by atoms with E-state index in [1.807, 2.05) is 6.92 Å². The number of benzene rings is 1. The molecule has 0 amide bonds. The van der Waals surface area contributed by atoms with Gasteiger partial charge < -0.3 is 0 Å². The number of rotatable bonds is 3. The minimum absolute atomic E-state index is 0.119. The molecule has 0 fully saturated rings. The van der Waals surface area contributed by atoms with Crippen LogP contribution in [0.15, 0.2) is 52.8 Å². The first-order chi connectivity index (χ1) is 6.98. The molecule has 0 aromatic heterocycles. The Balaban J connectivity index is 3.18. The van der Waals surface area contributed by atoms with Crippen LogP contribution in [-0.4, -0.2) is 8.42 Å². The lowest BCUT2D eigenvalue weighted by molar-refractivity contribution is 0.603. The largest absolute Gasteiger partial charge is 0.219 e. The third-order valence-corrected chi connectivity index (χ3v) is 3.75. The van der Waals surface area contributed by atoms with Crippen molar-refractivity contribution in [3.05, 3.63) is 53.5 Å². The summed E-state index contributed by atoms with van der Waals surface area (Å²) in [7, 11) is -3.40. The second kappa shape index (κ2) is 4.45. The molecule has 0 aliphatic heterocycles. The maximum absolute atomic E-state index is 11.9. The average molecular weight is 222 g/mol. The van der Waals surface area contributed by atoms with E-state index in [4.69, 9.17) is 0 Å². The van der Waals surface area contributed by atoms with Gasteiger partial charge in [-0.15, -0.1) is 0 Å². The summed E-state index contributed by atoms with van der Waals surface area (Å²) in [5.74, 6) is 0. The maximum Gasteiger partial charge on any atom is 0.205 e. The molecule has 0 aliphatic carbocycles. The van der Waals surface area contributed by atoms with E-state index in [9.17, 15) is 8.42 Å². The van der Waals surface area contributed by atoms with Gasteiger partial charge in [-0.2, -0.15) is 0 Å². The summed E-state index contributed by atoms with van der Waals surface area (Å²) in [4.78, 5) is 0.407. The number of aryl methyl sites for hydroxylation is 1. The lowest BCUT2D eigenvalue weighted by Gasteiger charge is -2.03. The van der Waals surface area contributed by atoms with Crippen LogP contribution < -0.4 is 0 Å². The van der Waals surface area contributed by atoms with Crippen LogP contribution in [0.2, 0.25) is 0 Å². The van der Waals surface area contributed by atoms with Gasteiger partial charge in [-0.05, 0) is 32.1 Å². The van der Waals surface area contributed by atoms with Crippen molar-refractivity contribution in [2.45, 2.75) is 18.7 Å². The van der Waals surface area contributed by atoms with Gasteiger partial charge in [-0.3, -0.25) is 0 Å². The minimum Gasteiger partial charge on any atom is -0.219 e. The molecule has 0 saturated carbocycles. The predicted octanol–water partition coefficient (Wildman–Crippen LogP) is 2.86. The van der Waals surface area contributed by atoms with Crippen molar-refractivity contribution < 1.29 is 8.42 Å². The lowest BCUT2D eigenvalue weighted by atomic mass is 10.2. The highest BCUT2D eigenvalue weighted by atomic mass is 32.2. The average Bonchev–Trinajstić information content (AvgIpc) is 2.18. The molecule has 0 saturated heterocycles. The van der Waals surface area contributed by atoms with Crippen LogP contribution in [0, 0.1) is 6.92 Å². The number of allylic oxidation sites excluding steroid dienone is 2. The smallest absolute Gasteiger partial charge is 0.205 e. The Morgan fingerprint density at radius 1 is 1.27 bits per heavy atom. The topological polar surface area (TPSA) is 34.1 Å². The van der Waals surface area contributed by atoms with Gasteiger partial charge >= 0.3 is 0 Å². The van der Waals surface area contributed by atoms with Crippen LogP contribution in [0.3, 0.4) is 0 Å². The van der Waals surface area contributed by atoms with Crippen LogP contribution in [-0.2, 0) is 9.84 Å². The monoisotopic (exact) mass is 222 g/mol. The summed E-state index contributed by atoms with van der Waals surface area (Å²) in [5.41, 5.74) is 1.03. The number of hydrogen-bond acceptors (Lipinski definition) is 2. The van der Waals surface area contributed by atoms with E-state index >= 15 is 0 Å².